The van der Waals surface area contributed by atoms with Crippen molar-refractivity contribution in [2.75, 3.05) is 13.7 Å². The van der Waals surface area contributed by atoms with Crippen LogP contribution in [0.5, 0.6) is 0 Å². The van der Waals surface area contributed by atoms with Gasteiger partial charge in [-0.25, -0.2) is 0 Å². The molecule has 68 valence electrons. The molecule has 3 heteroatoms. The smallest absolute Gasteiger partial charge is 0.259 e. The van der Waals surface area contributed by atoms with Gasteiger partial charge in [-0.2, -0.15) is 0 Å². The van der Waals surface area contributed by atoms with E-state index in [2.05, 4.69) is 12.1 Å². The summed E-state index contributed by atoms with van der Waals surface area (Å²) < 4.78 is 5.29. The molecule has 2 rings (SSSR count). The molecule has 0 spiro atoms. The maximum Gasteiger partial charge on any atom is 0.259 e. The lowest BCUT2D eigenvalue weighted by atomic mass is 10.1. The van der Waals surface area contributed by atoms with Crippen molar-refractivity contribution in [3.8, 4) is 0 Å². The molecule has 1 saturated heterocycles. The third-order valence-electron chi connectivity index (χ3n) is 2.30. The summed E-state index contributed by atoms with van der Waals surface area (Å²) in [4.78, 5) is 1.99. The second-order valence-electron chi connectivity index (χ2n) is 3.11. The third-order valence-corrected chi connectivity index (χ3v) is 2.71. The molecular weight excluding hydrogens is 182 g/mol. The molecule has 0 bridgehead atoms. The Morgan fingerprint density at radius 2 is 2.08 bits per heavy atom. The predicted molar refractivity (Wildman–Crippen MR) is 55.5 cm³/mol. The zero-order chi connectivity index (χ0) is 9.26. The van der Waals surface area contributed by atoms with Crippen LogP contribution in [0.15, 0.2) is 30.3 Å². The average Bonchev–Trinajstić information content (AvgIpc) is 2.49. The van der Waals surface area contributed by atoms with Gasteiger partial charge in [0.05, 0.1) is 6.04 Å². The quantitative estimate of drug-likeness (QED) is 0.633. The SMILES string of the molecule is CN1C(=S)OC[C@@H]1c1ccccc1. The lowest BCUT2D eigenvalue weighted by molar-refractivity contribution is 0.324. The third kappa shape index (κ3) is 1.52. The van der Waals surface area contributed by atoms with E-state index in [-0.39, 0.29) is 6.04 Å². The van der Waals surface area contributed by atoms with Crippen LogP contribution in [0.1, 0.15) is 11.6 Å². The molecule has 0 radical (unpaired) electrons. The highest BCUT2D eigenvalue weighted by atomic mass is 32.1. The molecule has 1 atom stereocenters. The van der Waals surface area contributed by atoms with Gasteiger partial charge in [-0.15, -0.1) is 0 Å². The first-order valence-electron chi connectivity index (χ1n) is 4.23. The summed E-state index contributed by atoms with van der Waals surface area (Å²) in [5.74, 6) is 0. The van der Waals surface area contributed by atoms with Crippen LogP contribution in [0.25, 0.3) is 0 Å². The molecule has 1 aliphatic heterocycles. The van der Waals surface area contributed by atoms with Crippen molar-refractivity contribution in [1.29, 1.82) is 0 Å². The largest absolute Gasteiger partial charge is 0.468 e. The van der Waals surface area contributed by atoms with Crippen LogP contribution in [0.2, 0.25) is 0 Å². The van der Waals surface area contributed by atoms with E-state index in [9.17, 15) is 0 Å². The molecule has 1 fully saturated rings. The van der Waals surface area contributed by atoms with E-state index in [1.54, 1.807) is 0 Å². The summed E-state index contributed by atoms with van der Waals surface area (Å²) in [6.07, 6.45) is 0. The molecule has 0 N–H and O–H groups in total. The molecule has 0 aliphatic carbocycles. The van der Waals surface area contributed by atoms with E-state index in [1.165, 1.54) is 5.56 Å². The Kier molecular flexibility index (Phi) is 2.19. The van der Waals surface area contributed by atoms with Gasteiger partial charge in [0.25, 0.3) is 5.17 Å². The van der Waals surface area contributed by atoms with Crippen molar-refractivity contribution < 1.29 is 4.74 Å². The Morgan fingerprint density at radius 3 is 2.62 bits per heavy atom. The van der Waals surface area contributed by atoms with Crippen molar-refractivity contribution in [3.63, 3.8) is 0 Å². The van der Waals surface area contributed by atoms with Crippen molar-refractivity contribution in [3.05, 3.63) is 35.9 Å². The molecule has 2 nitrogen and oxygen atoms in total. The van der Waals surface area contributed by atoms with Gasteiger partial charge in [-0.05, 0) is 17.8 Å². The summed E-state index contributed by atoms with van der Waals surface area (Å²) >= 11 is 5.02. The second-order valence-corrected chi connectivity index (χ2v) is 3.46. The minimum Gasteiger partial charge on any atom is -0.468 e. The Hall–Kier alpha value is -1.09. The maximum absolute atomic E-state index is 5.29. The molecule has 13 heavy (non-hydrogen) atoms. The number of benzene rings is 1. The first-order chi connectivity index (χ1) is 6.29. The van der Waals surface area contributed by atoms with Gasteiger partial charge in [0.1, 0.15) is 6.61 Å². The Labute approximate surface area is 83.1 Å². The Balaban J connectivity index is 2.24. The van der Waals surface area contributed by atoms with Gasteiger partial charge in [-0.1, -0.05) is 30.3 Å². The normalized spacial score (nSPS) is 21.8. The number of ether oxygens (including phenoxy) is 1. The van der Waals surface area contributed by atoms with Crippen molar-refractivity contribution in [1.82, 2.24) is 4.90 Å². The summed E-state index contributed by atoms with van der Waals surface area (Å²) in [5, 5.41) is 0.592. The number of likely N-dealkylation sites (N-methyl/N-ethyl adjacent to an activating group) is 1. The highest BCUT2D eigenvalue weighted by Gasteiger charge is 2.27. The first-order valence-corrected chi connectivity index (χ1v) is 4.64. The van der Waals surface area contributed by atoms with Gasteiger partial charge in [0.15, 0.2) is 0 Å². The van der Waals surface area contributed by atoms with Gasteiger partial charge < -0.3 is 9.64 Å². The van der Waals surface area contributed by atoms with E-state index >= 15 is 0 Å². The fraction of sp³-hybridized carbons (Fsp3) is 0.300. The monoisotopic (exact) mass is 193 g/mol. The fourth-order valence-electron chi connectivity index (χ4n) is 1.49. The Bertz CT molecular complexity index is 312. The van der Waals surface area contributed by atoms with E-state index in [0.29, 0.717) is 11.8 Å². The van der Waals surface area contributed by atoms with Crippen LogP contribution in [0.4, 0.5) is 0 Å². The summed E-state index contributed by atoms with van der Waals surface area (Å²) in [5.41, 5.74) is 1.25. The molecule has 1 aliphatic rings. The van der Waals surface area contributed by atoms with Crippen molar-refractivity contribution in [2.24, 2.45) is 0 Å². The molecule has 1 heterocycles. The molecule has 0 saturated carbocycles. The van der Waals surface area contributed by atoms with Crippen LogP contribution in [0.3, 0.4) is 0 Å². The van der Waals surface area contributed by atoms with Gasteiger partial charge in [-0.3, -0.25) is 0 Å². The van der Waals surface area contributed by atoms with Crippen LogP contribution in [-0.4, -0.2) is 23.7 Å². The van der Waals surface area contributed by atoms with Crippen LogP contribution < -0.4 is 0 Å². The first kappa shape index (κ1) is 8.51. The van der Waals surface area contributed by atoms with E-state index < -0.39 is 0 Å². The molecule has 0 aromatic heterocycles. The van der Waals surface area contributed by atoms with E-state index in [0.717, 1.165) is 0 Å². The number of rotatable bonds is 1. The van der Waals surface area contributed by atoms with E-state index in [4.69, 9.17) is 17.0 Å². The number of thiocarbonyl (C=S) groups is 1. The number of hydrogen-bond acceptors (Lipinski definition) is 2. The zero-order valence-electron chi connectivity index (χ0n) is 7.43. The summed E-state index contributed by atoms with van der Waals surface area (Å²) in [6.45, 7) is 0.666. The molecular formula is C10H11NOS. The maximum atomic E-state index is 5.29. The molecule has 1 aromatic rings. The van der Waals surface area contributed by atoms with Crippen molar-refractivity contribution in [2.45, 2.75) is 6.04 Å². The minimum absolute atomic E-state index is 0.286. The Morgan fingerprint density at radius 1 is 1.38 bits per heavy atom. The minimum atomic E-state index is 0.286. The highest BCUT2D eigenvalue weighted by molar-refractivity contribution is 7.80. The van der Waals surface area contributed by atoms with Gasteiger partial charge in [0, 0.05) is 7.05 Å². The molecule has 1 aromatic carbocycles. The predicted octanol–water partition coefficient (Wildman–Crippen LogP) is 1.97. The van der Waals surface area contributed by atoms with Crippen LogP contribution >= 0.6 is 12.2 Å². The number of hydrogen-bond donors (Lipinski definition) is 0. The average molecular weight is 193 g/mol. The van der Waals surface area contributed by atoms with E-state index in [1.807, 2.05) is 30.1 Å². The molecule has 0 amide bonds. The lowest BCUT2D eigenvalue weighted by Crippen LogP contribution is -2.22. The standard InChI is InChI=1S/C10H11NOS/c1-11-9(7-12-10(11)13)8-5-3-2-4-6-8/h2-6,9H,7H2,1H3/t9-/m1/s1. The van der Waals surface area contributed by atoms with Crippen molar-refractivity contribution >= 4 is 17.4 Å². The second kappa shape index (κ2) is 3.34. The summed E-state index contributed by atoms with van der Waals surface area (Å²) in [7, 11) is 1.97. The topological polar surface area (TPSA) is 12.5 Å². The van der Waals surface area contributed by atoms with Gasteiger partial charge in [0.2, 0.25) is 0 Å². The summed E-state index contributed by atoms with van der Waals surface area (Å²) in [6, 6.07) is 10.6. The van der Waals surface area contributed by atoms with Gasteiger partial charge >= 0.3 is 0 Å². The highest BCUT2D eigenvalue weighted by Crippen LogP contribution is 2.25. The lowest BCUT2D eigenvalue weighted by Gasteiger charge is -2.17. The molecule has 0 unspecified atom stereocenters. The number of nitrogens with zero attached hydrogens (tertiary/aromatic N) is 1. The fourth-order valence-corrected chi connectivity index (χ4v) is 1.68. The van der Waals surface area contributed by atoms with Crippen LogP contribution in [-0.2, 0) is 4.74 Å². The zero-order valence-corrected chi connectivity index (χ0v) is 8.25. The van der Waals surface area contributed by atoms with Crippen LogP contribution in [0, 0.1) is 0 Å².